The molecule has 4 aromatic rings. The first-order chi connectivity index (χ1) is 10.2. The van der Waals surface area contributed by atoms with E-state index >= 15 is 0 Å². The highest BCUT2D eigenvalue weighted by atomic mass is 16.4. The molecule has 0 saturated carbocycles. The Bertz CT molecular complexity index is 1020. The highest BCUT2D eigenvalue weighted by Gasteiger charge is 2.14. The van der Waals surface area contributed by atoms with Gasteiger partial charge < -0.3 is 9.40 Å². The van der Waals surface area contributed by atoms with Crippen LogP contribution in [0.1, 0.15) is 5.69 Å². The maximum atomic E-state index is 11.6. The number of benzene rings is 1. The molecule has 0 atom stereocenters. The SMILES string of the molecule is Cc1nc2oc(-c3ccccc3)nc2c2[nH]c(=O)ccc12. The van der Waals surface area contributed by atoms with Crippen molar-refractivity contribution in [1.82, 2.24) is 15.0 Å². The van der Waals surface area contributed by atoms with Crippen molar-refractivity contribution in [2.24, 2.45) is 0 Å². The molecule has 3 heterocycles. The normalized spacial score (nSPS) is 11.3. The number of pyridine rings is 2. The molecule has 0 aliphatic rings. The molecule has 5 heteroatoms. The zero-order chi connectivity index (χ0) is 14.4. The Morgan fingerprint density at radius 3 is 2.67 bits per heavy atom. The third-order valence-electron chi connectivity index (χ3n) is 3.44. The van der Waals surface area contributed by atoms with E-state index in [-0.39, 0.29) is 5.56 Å². The predicted octanol–water partition coefficient (Wildman–Crippen LogP) is 3.04. The number of nitrogens with zero attached hydrogens (tertiary/aromatic N) is 2. The van der Waals surface area contributed by atoms with Gasteiger partial charge in [0.2, 0.25) is 17.2 Å². The van der Waals surface area contributed by atoms with Crippen molar-refractivity contribution in [3.8, 4) is 11.5 Å². The van der Waals surface area contributed by atoms with Gasteiger partial charge in [-0.2, -0.15) is 0 Å². The fraction of sp³-hybridized carbons (Fsp3) is 0.0625. The molecule has 5 nitrogen and oxygen atoms in total. The number of aryl methyl sites for hydroxylation is 1. The molecule has 1 aromatic carbocycles. The largest absolute Gasteiger partial charge is 0.418 e. The number of oxazole rings is 1. The van der Waals surface area contributed by atoms with E-state index in [0.717, 1.165) is 16.6 Å². The van der Waals surface area contributed by atoms with Gasteiger partial charge in [0.1, 0.15) is 0 Å². The van der Waals surface area contributed by atoms with Gasteiger partial charge in [0.15, 0.2) is 5.52 Å². The Kier molecular flexibility index (Phi) is 2.41. The fourth-order valence-corrected chi connectivity index (χ4v) is 2.43. The first kappa shape index (κ1) is 11.8. The lowest BCUT2D eigenvalue weighted by Gasteiger charge is -1.99. The second-order valence-corrected chi connectivity index (χ2v) is 4.85. The van der Waals surface area contributed by atoms with Gasteiger partial charge in [-0.1, -0.05) is 18.2 Å². The minimum Gasteiger partial charge on any atom is -0.418 e. The minimum atomic E-state index is -0.168. The van der Waals surface area contributed by atoms with Crippen molar-refractivity contribution < 1.29 is 4.42 Å². The van der Waals surface area contributed by atoms with Crippen LogP contribution in [0.2, 0.25) is 0 Å². The summed E-state index contributed by atoms with van der Waals surface area (Å²) < 4.78 is 5.74. The summed E-state index contributed by atoms with van der Waals surface area (Å²) in [4.78, 5) is 23.3. The van der Waals surface area contributed by atoms with Gasteiger partial charge in [0.25, 0.3) is 0 Å². The first-order valence-corrected chi connectivity index (χ1v) is 6.58. The molecule has 3 aromatic heterocycles. The van der Waals surface area contributed by atoms with Gasteiger partial charge >= 0.3 is 0 Å². The molecule has 0 saturated heterocycles. The number of H-pyrrole nitrogens is 1. The van der Waals surface area contributed by atoms with Crippen molar-refractivity contribution >= 4 is 22.1 Å². The predicted molar refractivity (Wildman–Crippen MR) is 80.1 cm³/mol. The summed E-state index contributed by atoms with van der Waals surface area (Å²) in [7, 11) is 0. The number of hydrogen-bond acceptors (Lipinski definition) is 4. The van der Waals surface area contributed by atoms with E-state index in [4.69, 9.17) is 4.42 Å². The van der Waals surface area contributed by atoms with Crippen LogP contribution in [0, 0.1) is 6.92 Å². The number of nitrogens with one attached hydrogen (secondary N) is 1. The van der Waals surface area contributed by atoms with E-state index in [9.17, 15) is 4.79 Å². The summed E-state index contributed by atoms with van der Waals surface area (Å²) >= 11 is 0. The summed E-state index contributed by atoms with van der Waals surface area (Å²) in [5.74, 6) is 0.495. The van der Waals surface area contributed by atoms with E-state index in [1.165, 1.54) is 6.07 Å². The highest BCUT2D eigenvalue weighted by Crippen LogP contribution is 2.27. The molecule has 1 N–H and O–H groups in total. The standard InChI is InChI=1S/C16H11N3O2/c1-9-11-7-8-12(20)18-13(11)14-16(17-9)21-15(19-14)10-5-3-2-4-6-10/h2-8H,1H3,(H,18,20). The molecule has 0 radical (unpaired) electrons. The van der Waals surface area contributed by atoms with Gasteiger partial charge in [-0.15, -0.1) is 0 Å². The molecule has 0 aliphatic carbocycles. The Morgan fingerprint density at radius 1 is 1.05 bits per heavy atom. The lowest BCUT2D eigenvalue weighted by atomic mass is 10.2. The quantitative estimate of drug-likeness (QED) is 0.580. The van der Waals surface area contributed by atoms with Crippen molar-refractivity contribution in [3.05, 3.63) is 58.5 Å². The molecule has 102 valence electrons. The molecule has 0 bridgehead atoms. The van der Waals surface area contributed by atoms with Crippen molar-refractivity contribution in [1.29, 1.82) is 0 Å². The molecule has 4 rings (SSSR count). The van der Waals surface area contributed by atoms with Crippen LogP contribution in [-0.4, -0.2) is 15.0 Å². The van der Waals surface area contributed by atoms with Crippen molar-refractivity contribution in [2.45, 2.75) is 6.92 Å². The first-order valence-electron chi connectivity index (χ1n) is 6.58. The molecule has 0 spiro atoms. The van der Waals surface area contributed by atoms with Crippen LogP contribution in [0.15, 0.2) is 51.7 Å². The molecule has 0 amide bonds. The van der Waals surface area contributed by atoms with Crippen LogP contribution >= 0.6 is 0 Å². The van der Waals surface area contributed by atoms with Gasteiger partial charge in [-0.3, -0.25) is 4.79 Å². The molecular weight excluding hydrogens is 266 g/mol. The zero-order valence-electron chi connectivity index (χ0n) is 11.3. The van der Waals surface area contributed by atoms with Crippen LogP contribution < -0.4 is 5.56 Å². The molecule has 21 heavy (non-hydrogen) atoms. The molecule has 0 unspecified atom stereocenters. The highest BCUT2D eigenvalue weighted by molar-refractivity contribution is 6.00. The number of rotatable bonds is 1. The zero-order valence-corrected chi connectivity index (χ0v) is 11.3. The lowest BCUT2D eigenvalue weighted by Crippen LogP contribution is -2.03. The Labute approximate surface area is 119 Å². The second-order valence-electron chi connectivity index (χ2n) is 4.85. The topological polar surface area (TPSA) is 71.8 Å². The van der Waals surface area contributed by atoms with Crippen molar-refractivity contribution in [3.63, 3.8) is 0 Å². The Hall–Kier alpha value is -2.95. The third kappa shape index (κ3) is 1.82. The molecule has 0 fully saturated rings. The van der Waals surface area contributed by atoms with Gasteiger partial charge in [0, 0.05) is 17.0 Å². The average molecular weight is 277 g/mol. The average Bonchev–Trinajstić information content (AvgIpc) is 2.92. The maximum Gasteiger partial charge on any atom is 0.249 e. The third-order valence-corrected chi connectivity index (χ3v) is 3.44. The monoisotopic (exact) mass is 277 g/mol. The molecule has 0 aliphatic heterocycles. The summed E-state index contributed by atoms with van der Waals surface area (Å²) in [6, 6.07) is 12.9. The van der Waals surface area contributed by atoms with E-state index in [0.29, 0.717) is 22.6 Å². The van der Waals surface area contributed by atoms with Crippen molar-refractivity contribution in [2.75, 3.05) is 0 Å². The van der Waals surface area contributed by atoms with E-state index < -0.39 is 0 Å². The van der Waals surface area contributed by atoms with Crippen LogP contribution in [0.25, 0.3) is 33.6 Å². The minimum absolute atomic E-state index is 0.168. The van der Waals surface area contributed by atoms with Gasteiger partial charge in [0.05, 0.1) is 11.2 Å². The fourth-order valence-electron chi connectivity index (χ4n) is 2.43. The van der Waals surface area contributed by atoms with Crippen LogP contribution in [0.5, 0.6) is 0 Å². The van der Waals surface area contributed by atoms with E-state index in [1.54, 1.807) is 6.07 Å². The number of hydrogen-bond donors (Lipinski definition) is 1. The number of aromatic amines is 1. The summed E-state index contributed by atoms with van der Waals surface area (Å²) in [5, 5.41) is 0.870. The summed E-state index contributed by atoms with van der Waals surface area (Å²) in [6.07, 6.45) is 0. The van der Waals surface area contributed by atoms with Crippen LogP contribution in [0.4, 0.5) is 0 Å². The summed E-state index contributed by atoms with van der Waals surface area (Å²) in [5.41, 5.74) is 3.17. The Balaban J connectivity index is 2.10. The van der Waals surface area contributed by atoms with Gasteiger partial charge in [-0.05, 0) is 25.1 Å². The maximum absolute atomic E-state index is 11.6. The van der Waals surface area contributed by atoms with E-state index in [1.807, 2.05) is 37.3 Å². The number of fused-ring (bicyclic) bond motifs is 3. The van der Waals surface area contributed by atoms with E-state index in [2.05, 4.69) is 15.0 Å². The second kappa shape index (κ2) is 4.28. The summed E-state index contributed by atoms with van der Waals surface area (Å²) in [6.45, 7) is 1.88. The van der Waals surface area contributed by atoms with Crippen LogP contribution in [-0.2, 0) is 0 Å². The number of aromatic nitrogens is 3. The molecular formula is C16H11N3O2. The Morgan fingerprint density at radius 2 is 1.86 bits per heavy atom. The smallest absolute Gasteiger partial charge is 0.249 e. The van der Waals surface area contributed by atoms with Crippen LogP contribution in [0.3, 0.4) is 0 Å². The lowest BCUT2D eigenvalue weighted by molar-refractivity contribution is 0.607. The van der Waals surface area contributed by atoms with Gasteiger partial charge in [-0.25, -0.2) is 9.97 Å².